The number of hydrogen-bond acceptors (Lipinski definition) is 5. The van der Waals surface area contributed by atoms with Crippen molar-refractivity contribution in [3.05, 3.63) is 136 Å². The van der Waals surface area contributed by atoms with Gasteiger partial charge in [-0.05, 0) is 72.7 Å². The number of hydrazine groups is 1. The highest BCUT2D eigenvalue weighted by Gasteiger charge is 2.38. The first-order valence-electron chi connectivity index (χ1n) is 13.1. The van der Waals surface area contributed by atoms with Gasteiger partial charge in [-0.2, -0.15) is 0 Å². The average molecular weight is 563 g/mol. The largest absolute Gasteiger partial charge is 0.378 e. The second-order valence-corrected chi connectivity index (χ2v) is 11.0. The molecule has 4 aromatic carbocycles. The van der Waals surface area contributed by atoms with E-state index in [9.17, 15) is 14.4 Å². The molecule has 1 aliphatic rings. The normalized spacial score (nSPS) is 15.6. The number of anilines is 2. The Morgan fingerprint density at radius 1 is 0.805 bits per heavy atom. The van der Waals surface area contributed by atoms with Gasteiger partial charge in [0.2, 0.25) is 0 Å². The van der Waals surface area contributed by atoms with E-state index in [1.165, 1.54) is 16.8 Å². The van der Waals surface area contributed by atoms with Gasteiger partial charge < -0.3 is 10.2 Å². The Kier molecular flexibility index (Phi) is 8.21. The van der Waals surface area contributed by atoms with Gasteiger partial charge in [-0.3, -0.25) is 19.8 Å². The lowest BCUT2D eigenvalue weighted by Crippen LogP contribution is -2.44. The molecule has 8 heteroatoms. The number of carbonyl (C=O) groups excluding carboxylic acids is 3. The van der Waals surface area contributed by atoms with Crippen LogP contribution >= 0.6 is 11.8 Å². The summed E-state index contributed by atoms with van der Waals surface area (Å²) in [6, 6.07) is 31.4. The fourth-order valence-corrected chi connectivity index (χ4v) is 5.49. The molecular weight excluding hydrogens is 532 g/mol. The molecule has 0 spiro atoms. The van der Waals surface area contributed by atoms with Crippen LogP contribution in [0.5, 0.6) is 0 Å². The molecule has 0 bridgehead atoms. The summed E-state index contributed by atoms with van der Waals surface area (Å²) in [4.78, 5) is 41.9. The van der Waals surface area contributed by atoms with E-state index in [1.54, 1.807) is 36.4 Å². The Morgan fingerprint density at radius 3 is 2.05 bits per heavy atom. The molecule has 0 aromatic heterocycles. The van der Waals surface area contributed by atoms with Crippen LogP contribution in [0.4, 0.5) is 11.4 Å². The number of rotatable bonds is 7. The Bertz CT molecular complexity index is 1580. The first-order chi connectivity index (χ1) is 19.8. The molecule has 0 aliphatic carbocycles. The molecule has 3 amide bonds. The SMILES string of the molecule is Cc1ccc(C(=O)Nc2ccc(C(=O)NN3C(=O)/C(=C/c4ccc(N(C)C)cc4)SC3c3ccccc3)cc2)cc1. The zero-order chi connectivity index (χ0) is 28.9. The fraction of sp³-hybridized carbons (Fsp3) is 0.121. The van der Waals surface area contributed by atoms with Crippen LogP contribution in [0.3, 0.4) is 0 Å². The molecule has 1 aliphatic heterocycles. The number of aryl methyl sites for hydroxylation is 1. The number of carbonyl (C=O) groups is 3. The summed E-state index contributed by atoms with van der Waals surface area (Å²) in [5.41, 5.74) is 8.21. The zero-order valence-electron chi connectivity index (χ0n) is 23.0. The van der Waals surface area contributed by atoms with Crippen molar-refractivity contribution >= 4 is 46.9 Å². The Labute approximate surface area is 243 Å². The van der Waals surface area contributed by atoms with Gasteiger partial charge in [-0.1, -0.05) is 71.9 Å². The Balaban J connectivity index is 1.32. The lowest BCUT2D eigenvalue weighted by atomic mass is 10.1. The van der Waals surface area contributed by atoms with E-state index < -0.39 is 11.3 Å². The summed E-state index contributed by atoms with van der Waals surface area (Å²) in [5.74, 6) is -0.938. The summed E-state index contributed by atoms with van der Waals surface area (Å²) in [6.07, 6.45) is 1.85. The van der Waals surface area contributed by atoms with E-state index in [-0.39, 0.29) is 11.8 Å². The van der Waals surface area contributed by atoms with Crippen molar-refractivity contribution in [3.63, 3.8) is 0 Å². The van der Waals surface area contributed by atoms with E-state index in [2.05, 4.69) is 10.7 Å². The van der Waals surface area contributed by atoms with Gasteiger partial charge in [-0.15, -0.1) is 0 Å². The van der Waals surface area contributed by atoms with Gasteiger partial charge in [0.25, 0.3) is 17.7 Å². The number of thioether (sulfide) groups is 1. The third kappa shape index (κ3) is 6.50. The molecule has 5 rings (SSSR count). The van der Waals surface area contributed by atoms with Crippen LogP contribution in [0, 0.1) is 6.92 Å². The second-order valence-electron chi connectivity index (χ2n) is 9.89. The highest BCUT2D eigenvalue weighted by atomic mass is 32.2. The third-order valence-electron chi connectivity index (χ3n) is 6.64. The van der Waals surface area contributed by atoms with E-state index in [0.717, 1.165) is 22.4 Å². The smallest absolute Gasteiger partial charge is 0.280 e. The Morgan fingerprint density at radius 2 is 1.41 bits per heavy atom. The van der Waals surface area contributed by atoms with Crippen molar-refractivity contribution in [1.82, 2.24) is 10.4 Å². The molecule has 0 saturated carbocycles. The number of nitrogens with one attached hydrogen (secondary N) is 2. The average Bonchev–Trinajstić information content (AvgIpc) is 3.28. The highest BCUT2D eigenvalue weighted by molar-refractivity contribution is 8.04. The molecule has 2 N–H and O–H groups in total. The van der Waals surface area contributed by atoms with Crippen LogP contribution in [0.1, 0.15) is 42.8 Å². The summed E-state index contributed by atoms with van der Waals surface area (Å²) < 4.78 is 0. The predicted octanol–water partition coefficient (Wildman–Crippen LogP) is 6.27. The summed E-state index contributed by atoms with van der Waals surface area (Å²) in [6.45, 7) is 1.96. The molecular formula is C33H30N4O3S. The molecule has 1 atom stereocenters. The fourth-order valence-electron chi connectivity index (χ4n) is 4.30. The second kappa shape index (κ2) is 12.1. The number of hydrogen-bond donors (Lipinski definition) is 2. The molecule has 206 valence electrons. The van der Waals surface area contributed by atoms with Crippen molar-refractivity contribution in [2.75, 3.05) is 24.3 Å². The van der Waals surface area contributed by atoms with Gasteiger partial charge in [0, 0.05) is 36.6 Å². The maximum atomic E-state index is 13.5. The van der Waals surface area contributed by atoms with Crippen molar-refractivity contribution in [1.29, 1.82) is 0 Å². The molecule has 1 fully saturated rings. The van der Waals surface area contributed by atoms with Gasteiger partial charge in [0.05, 0.1) is 4.91 Å². The summed E-state index contributed by atoms with van der Waals surface area (Å²) >= 11 is 1.40. The van der Waals surface area contributed by atoms with Crippen molar-refractivity contribution in [3.8, 4) is 0 Å². The lowest BCUT2D eigenvalue weighted by Gasteiger charge is -2.24. The quantitative estimate of drug-likeness (QED) is 0.259. The first-order valence-corrected chi connectivity index (χ1v) is 14.0. The predicted molar refractivity (Wildman–Crippen MR) is 165 cm³/mol. The maximum absolute atomic E-state index is 13.5. The number of benzene rings is 4. The van der Waals surface area contributed by atoms with Crippen molar-refractivity contribution in [2.24, 2.45) is 0 Å². The van der Waals surface area contributed by atoms with Crippen LogP contribution in [0.25, 0.3) is 6.08 Å². The van der Waals surface area contributed by atoms with Crippen LogP contribution in [-0.4, -0.2) is 36.8 Å². The molecule has 41 heavy (non-hydrogen) atoms. The third-order valence-corrected chi connectivity index (χ3v) is 7.89. The van der Waals surface area contributed by atoms with Crippen LogP contribution < -0.4 is 15.6 Å². The molecule has 1 unspecified atom stereocenters. The first kappa shape index (κ1) is 27.7. The summed E-state index contributed by atoms with van der Waals surface area (Å²) in [5, 5.41) is 3.80. The monoisotopic (exact) mass is 562 g/mol. The van der Waals surface area contributed by atoms with Crippen molar-refractivity contribution in [2.45, 2.75) is 12.3 Å². The standard InChI is InChI=1S/C33H30N4O3S/c1-22-9-13-24(14-10-22)30(38)34-27-17-15-25(16-18-27)31(39)35-37-32(40)29(41-33(37)26-7-5-4-6-8-26)21-23-11-19-28(20-12-23)36(2)3/h4-21,33H,1-3H3,(H,34,38)(H,35,39)/b29-21-. The lowest BCUT2D eigenvalue weighted by molar-refractivity contribution is -0.128. The van der Waals surface area contributed by atoms with Gasteiger partial charge in [0.1, 0.15) is 5.37 Å². The van der Waals surface area contributed by atoms with Crippen LogP contribution in [0.2, 0.25) is 0 Å². The van der Waals surface area contributed by atoms with Gasteiger partial charge in [0.15, 0.2) is 0 Å². The molecule has 7 nitrogen and oxygen atoms in total. The van der Waals surface area contributed by atoms with Crippen molar-refractivity contribution < 1.29 is 14.4 Å². The van der Waals surface area contributed by atoms with Crippen LogP contribution in [0.15, 0.2) is 108 Å². The molecule has 1 heterocycles. The van der Waals surface area contributed by atoms with E-state index in [1.807, 2.05) is 98.7 Å². The Hall–Kier alpha value is -4.82. The highest BCUT2D eigenvalue weighted by Crippen LogP contribution is 2.45. The van der Waals surface area contributed by atoms with E-state index in [4.69, 9.17) is 0 Å². The van der Waals surface area contributed by atoms with Gasteiger partial charge >= 0.3 is 0 Å². The molecule has 4 aromatic rings. The van der Waals surface area contributed by atoms with E-state index >= 15 is 0 Å². The number of nitrogens with zero attached hydrogens (tertiary/aromatic N) is 2. The molecule has 1 saturated heterocycles. The minimum atomic E-state index is -0.423. The van der Waals surface area contributed by atoms with Gasteiger partial charge in [-0.25, -0.2) is 5.01 Å². The number of amides is 3. The van der Waals surface area contributed by atoms with Crippen LogP contribution in [-0.2, 0) is 4.79 Å². The molecule has 0 radical (unpaired) electrons. The zero-order valence-corrected chi connectivity index (χ0v) is 23.8. The van der Waals surface area contributed by atoms with E-state index in [0.29, 0.717) is 21.7 Å². The minimum absolute atomic E-state index is 0.233. The minimum Gasteiger partial charge on any atom is -0.378 e. The topological polar surface area (TPSA) is 81.8 Å². The summed E-state index contributed by atoms with van der Waals surface area (Å²) in [7, 11) is 3.95. The maximum Gasteiger partial charge on any atom is 0.280 e.